The molecule has 1 fully saturated rings. The highest BCUT2D eigenvalue weighted by Crippen LogP contribution is 2.22. The first kappa shape index (κ1) is 7.80. The molecule has 0 spiro atoms. The van der Waals surface area contributed by atoms with E-state index in [2.05, 4.69) is 15.3 Å². The standard InChI is InChI=1S/C8H10ClN3/c9-8-10-5-4-7(12-8)11-6-2-1-3-6/h4-6H,1-3H2,(H,10,11,12). The molecule has 0 radical (unpaired) electrons. The van der Waals surface area contributed by atoms with Crippen molar-refractivity contribution in [2.24, 2.45) is 0 Å². The smallest absolute Gasteiger partial charge is 0.224 e. The van der Waals surface area contributed by atoms with Crippen LogP contribution in [0, 0.1) is 0 Å². The fourth-order valence-electron chi connectivity index (χ4n) is 1.18. The van der Waals surface area contributed by atoms with Crippen LogP contribution in [0.1, 0.15) is 19.3 Å². The molecular formula is C8H10ClN3. The Balaban J connectivity index is 2.02. The summed E-state index contributed by atoms with van der Waals surface area (Å²) in [6.07, 6.45) is 5.45. The van der Waals surface area contributed by atoms with Gasteiger partial charge < -0.3 is 5.32 Å². The van der Waals surface area contributed by atoms with Crippen molar-refractivity contribution in [2.75, 3.05) is 5.32 Å². The van der Waals surface area contributed by atoms with Crippen LogP contribution in [0.4, 0.5) is 5.82 Å². The molecule has 0 amide bonds. The molecule has 0 atom stereocenters. The Kier molecular flexibility index (Phi) is 2.13. The maximum absolute atomic E-state index is 5.63. The number of nitrogens with one attached hydrogen (secondary N) is 1. The quantitative estimate of drug-likeness (QED) is 0.714. The number of rotatable bonds is 2. The Morgan fingerprint density at radius 3 is 2.92 bits per heavy atom. The molecule has 0 saturated heterocycles. The van der Waals surface area contributed by atoms with Crippen LogP contribution in [-0.4, -0.2) is 16.0 Å². The van der Waals surface area contributed by atoms with Crippen LogP contribution in [0.25, 0.3) is 0 Å². The second-order valence-electron chi connectivity index (χ2n) is 2.98. The maximum Gasteiger partial charge on any atom is 0.224 e. The highest BCUT2D eigenvalue weighted by Gasteiger charge is 2.17. The van der Waals surface area contributed by atoms with Gasteiger partial charge in [-0.25, -0.2) is 9.97 Å². The maximum atomic E-state index is 5.63. The van der Waals surface area contributed by atoms with Gasteiger partial charge in [0, 0.05) is 12.2 Å². The van der Waals surface area contributed by atoms with Crippen LogP contribution in [0.2, 0.25) is 5.28 Å². The van der Waals surface area contributed by atoms with Crippen molar-refractivity contribution in [3.05, 3.63) is 17.5 Å². The van der Waals surface area contributed by atoms with Gasteiger partial charge in [-0.1, -0.05) is 0 Å². The van der Waals surface area contributed by atoms with E-state index >= 15 is 0 Å². The van der Waals surface area contributed by atoms with E-state index in [9.17, 15) is 0 Å². The molecule has 0 aliphatic heterocycles. The summed E-state index contributed by atoms with van der Waals surface area (Å²) in [7, 11) is 0. The lowest BCUT2D eigenvalue weighted by Crippen LogP contribution is -2.27. The topological polar surface area (TPSA) is 37.8 Å². The minimum atomic E-state index is 0.305. The van der Waals surface area contributed by atoms with E-state index in [1.54, 1.807) is 6.20 Å². The van der Waals surface area contributed by atoms with E-state index < -0.39 is 0 Å². The summed E-state index contributed by atoms with van der Waals surface area (Å²) in [4.78, 5) is 7.84. The third-order valence-corrected chi connectivity index (χ3v) is 2.27. The third kappa shape index (κ3) is 1.67. The van der Waals surface area contributed by atoms with Crippen LogP contribution in [0.15, 0.2) is 12.3 Å². The van der Waals surface area contributed by atoms with E-state index in [1.807, 2.05) is 6.07 Å². The Hall–Kier alpha value is -0.830. The average molecular weight is 184 g/mol. The van der Waals surface area contributed by atoms with Crippen LogP contribution < -0.4 is 5.32 Å². The van der Waals surface area contributed by atoms with Crippen molar-refractivity contribution >= 4 is 17.4 Å². The van der Waals surface area contributed by atoms with Crippen molar-refractivity contribution < 1.29 is 0 Å². The van der Waals surface area contributed by atoms with Gasteiger partial charge in [0.15, 0.2) is 0 Å². The first-order chi connectivity index (χ1) is 5.84. The average Bonchev–Trinajstić information content (AvgIpc) is 1.97. The molecule has 1 N–H and O–H groups in total. The first-order valence-electron chi connectivity index (χ1n) is 4.10. The molecule has 0 aromatic carbocycles. The van der Waals surface area contributed by atoms with Crippen molar-refractivity contribution in [3.8, 4) is 0 Å². The van der Waals surface area contributed by atoms with E-state index in [0.29, 0.717) is 11.3 Å². The minimum Gasteiger partial charge on any atom is -0.367 e. The summed E-state index contributed by atoms with van der Waals surface area (Å²) in [6, 6.07) is 2.43. The predicted octanol–water partition coefficient (Wildman–Crippen LogP) is 2.09. The van der Waals surface area contributed by atoms with Crippen LogP contribution in [0.5, 0.6) is 0 Å². The lowest BCUT2D eigenvalue weighted by atomic mass is 9.93. The van der Waals surface area contributed by atoms with Crippen LogP contribution >= 0.6 is 11.6 Å². The fourth-order valence-corrected chi connectivity index (χ4v) is 1.32. The summed E-state index contributed by atoms with van der Waals surface area (Å²) in [5.74, 6) is 0.833. The van der Waals surface area contributed by atoms with Crippen molar-refractivity contribution in [1.29, 1.82) is 0 Å². The molecular weight excluding hydrogens is 174 g/mol. The molecule has 64 valence electrons. The summed E-state index contributed by atoms with van der Waals surface area (Å²) in [5, 5.41) is 3.59. The number of aromatic nitrogens is 2. The number of anilines is 1. The zero-order chi connectivity index (χ0) is 8.39. The molecule has 1 heterocycles. The molecule has 1 aliphatic carbocycles. The van der Waals surface area contributed by atoms with Gasteiger partial charge in [0.1, 0.15) is 5.82 Å². The van der Waals surface area contributed by atoms with Crippen molar-refractivity contribution in [2.45, 2.75) is 25.3 Å². The largest absolute Gasteiger partial charge is 0.367 e. The second-order valence-corrected chi connectivity index (χ2v) is 3.32. The molecule has 1 aromatic rings. The SMILES string of the molecule is Clc1nccc(NC2CCC2)n1. The zero-order valence-corrected chi connectivity index (χ0v) is 7.38. The summed E-state index contributed by atoms with van der Waals surface area (Å²) >= 11 is 5.63. The second kappa shape index (κ2) is 3.27. The Morgan fingerprint density at radius 2 is 2.33 bits per heavy atom. The van der Waals surface area contributed by atoms with Crippen molar-refractivity contribution in [1.82, 2.24) is 9.97 Å². The Morgan fingerprint density at radius 1 is 1.50 bits per heavy atom. The molecule has 3 nitrogen and oxygen atoms in total. The normalized spacial score (nSPS) is 17.1. The van der Waals surface area contributed by atoms with Gasteiger partial charge >= 0.3 is 0 Å². The van der Waals surface area contributed by atoms with Crippen molar-refractivity contribution in [3.63, 3.8) is 0 Å². The molecule has 12 heavy (non-hydrogen) atoms. The highest BCUT2D eigenvalue weighted by atomic mass is 35.5. The van der Waals surface area contributed by atoms with Gasteiger partial charge in [-0.2, -0.15) is 0 Å². The molecule has 1 saturated carbocycles. The fraction of sp³-hybridized carbons (Fsp3) is 0.500. The van der Waals surface area contributed by atoms with Crippen LogP contribution in [-0.2, 0) is 0 Å². The van der Waals surface area contributed by atoms with Gasteiger partial charge in [-0.3, -0.25) is 0 Å². The lowest BCUT2D eigenvalue weighted by Gasteiger charge is -2.26. The van der Waals surface area contributed by atoms with Gasteiger partial charge in [-0.15, -0.1) is 0 Å². The van der Waals surface area contributed by atoms with Crippen LogP contribution in [0.3, 0.4) is 0 Å². The first-order valence-corrected chi connectivity index (χ1v) is 4.47. The molecule has 0 unspecified atom stereocenters. The minimum absolute atomic E-state index is 0.305. The third-order valence-electron chi connectivity index (χ3n) is 2.08. The van der Waals surface area contributed by atoms with Gasteiger partial charge in [-0.05, 0) is 36.9 Å². The molecule has 0 bridgehead atoms. The number of halogens is 1. The zero-order valence-electron chi connectivity index (χ0n) is 6.63. The highest BCUT2D eigenvalue weighted by molar-refractivity contribution is 6.28. The number of hydrogen-bond acceptors (Lipinski definition) is 3. The number of nitrogens with zero attached hydrogens (tertiary/aromatic N) is 2. The van der Waals surface area contributed by atoms with Gasteiger partial charge in [0.05, 0.1) is 0 Å². The molecule has 1 aromatic heterocycles. The molecule has 2 rings (SSSR count). The van der Waals surface area contributed by atoms with E-state index in [-0.39, 0.29) is 0 Å². The van der Waals surface area contributed by atoms with E-state index in [4.69, 9.17) is 11.6 Å². The monoisotopic (exact) mass is 183 g/mol. The Labute approximate surface area is 76.2 Å². The lowest BCUT2D eigenvalue weighted by molar-refractivity contribution is 0.444. The van der Waals surface area contributed by atoms with E-state index in [1.165, 1.54) is 19.3 Å². The molecule has 4 heteroatoms. The predicted molar refractivity (Wildman–Crippen MR) is 48.3 cm³/mol. The number of hydrogen-bond donors (Lipinski definition) is 1. The summed E-state index contributed by atoms with van der Waals surface area (Å²) in [5.41, 5.74) is 0. The van der Waals surface area contributed by atoms with E-state index in [0.717, 1.165) is 5.82 Å². The molecule has 1 aliphatic rings. The van der Waals surface area contributed by atoms with Gasteiger partial charge in [0.25, 0.3) is 0 Å². The van der Waals surface area contributed by atoms with Gasteiger partial charge in [0.2, 0.25) is 5.28 Å². The Bertz CT molecular complexity index is 273. The summed E-state index contributed by atoms with van der Waals surface area (Å²) in [6.45, 7) is 0. The summed E-state index contributed by atoms with van der Waals surface area (Å²) < 4.78 is 0.